The molecule has 0 aromatic carbocycles. The second-order valence-corrected chi connectivity index (χ2v) is 13.0. The van der Waals surface area contributed by atoms with Crippen molar-refractivity contribution in [2.45, 2.75) is 103 Å². The molecule has 6 rings (SSSR count). The lowest BCUT2D eigenvalue weighted by atomic mass is 9.44. The summed E-state index contributed by atoms with van der Waals surface area (Å²) in [6.07, 6.45) is 9.39. The Bertz CT molecular complexity index is 756. The molecule has 0 bridgehead atoms. The van der Waals surface area contributed by atoms with E-state index in [1.807, 2.05) is 0 Å². The average Bonchev–Trinajstić information content (AvgIpc) is 3.18. The van der Waals surface area contributed by atoms with Gasteiger partial charge in [0.2, 0.25) is 0 Å². The summed E-state index contributed by atoms with van der Waals surface area (Å²) in [5, 5.41) is 10.3. The summed E-state index contributed by atoms with van der Waals surface area (Å²) in [4.78, 5) is 14.0. The zero-order valence-electron chi connectivity index (χ0n) is 19.9. The largest absolute Gasteiger partial charge is 0.393 e. The van der Waals surface area contributed by atoms with E-state index >= 15 is 0 Å². The van der Waals surface area contributed by atoms with Crippen LogP contribution in [0.2, 0.25) is 0 Å². The summed E-state index contributed by atoms with van der Waals surface area (Å²) in [7, 11) is 0. The van der Waals surface area contributed by atoms with Gasteiger partial charge in [0.15, 0.2) is 5.79 Å². The number of Topliss-reactive ketones (excluding diaryl/α,β-unsaturated/α-hetero) is 1. The Labute approximate surface area is 187 Å². The van der Waals surface area contributed by atoms with E-state index in [0.29, 0.717) is 41.3 Å². The van der Waals surface area contributed by atoms with Crippen LogP contribution in [-0.2, 0) is 14.3 Å². The molecule has 2 aliphatic heterocycles. The maximum Gasteiger partial charge on any atom is 0.171 e. The molecule has 6 aliphatic rings. The van der Waals surface area contributed by atoms with Crippen LogP contribution >= 0.6 is 0 Å². The van der Waals surface area contributed by atoms with Gasteiger partial charge in [-0.05, 0) is 80.0 Å². The topological polar surface area (TPSA) is 55.8 Å². The molecule has 0 unspecified atom stereocenters. The van der Waals surface area contributed by atoms with E-state index in [1.165, 1.54) is 12.8 Å². The van der Waals surface area contributed by atoms with Gasteiger partial charge in [-0.2, -0.15) is 0 Å². The fourth-order valence-corrected chi connectivity index (χ4v) is 9.93. The Kier molecular flexibility index (Phi) is 4.62. The molecule has 0 aromatic rings. The Balaban J connectivity index is 1.30. The van der Waals surface area contributed by atoms with Crippen LogP contribution in [0.3, 0.4) is 0 Å². The summed E-state index contributed by atoms with van der Waals surface area (Å²) in [5.74, 6) is 3.45. The van der Waals surface area contributed by atoms with Crippen molar-refractivity contribution in [3.05, 3.63) is 0 Å². The minimum absolute atomic E-state index is 0.131. The maximum absolute atomic E-state index is 14.0. The van der Waals surface area contributed by atoms with Gasteiger partial charge in [-0.25, -0.2) is 0 Å². The quantitative estimate of drug-likeness (QED) is 0.589. The smallest absolute Gasteiger partial charge is 0.171 e. The molecule has 0 radical (unpaired) electrons. The molecular formula is C27H42O4. The molecule has 4 aliphatic carbocycles. The highest BCUT2D eigenvalue weighted by atomic mass is 16.7. The van der Waals surface area contributed by atoms with Crippen molar-refractivity contribution in [2.75, 3.05) is 6.61 Å². The number of ketones is 1. The van der Waals surface area contributed by atoms with E-state index in [0.717, 1.165) is 51.6 Å². The van der Waals surface area contributed by atoms with Crippen LogP contribution in [0.5, 0.6) is 0 Å². The van der Waals surface area contributed by atoms with Gasteiger partial charge in [0.1, 0.15) is 5.78 Å². The lowest BCUT2D eigenvalue weighted by Crippen LogP contribution is -2.58. The third kappa shape index (κ3) is 2.68. The summed E-state index contributed by atoms with van der Waals surface area (Å²) < 4.78 is 13.2. The van der Waals surface area contributed by atoms with Crippen molar-refractivity contribution in [1.29, 1.82) is 0 Å². The first-order chi connectivity index (χ1) is 14.7. The van der Waals surface area contributed by atoms with Crippen LogP contribution in [0.15, 0.2) is 0 Å². The summed E-state index contributed by atoms with van der Waals surface area (Å²) in [6.45, 7) is 10.1. The Morgan fingerprint density at radius 3 is 2.55 bits per heavy atom. The number of carbonyl (C=O) groups excluding carboxylic acids is 1. The number of ether oxygens (including phenoxy) is 2. The van der Waals surface area contributed by atoms with Crippen LogP contribution in [0.25, 0.3) is 0 Å². The molecule has 2 saturated heterocycles. The molecule has 4 heteroatoms. The van der Waals surface area contributed by atoms with E-state index in [9.17, 15) is 9.90 Å². The molecule has 4 nitrogen and oxygen atoms in total. The fraction of sp³-hybridized carbons (Fsp3) is 0.963. The van der Waals surface area contributed by atoms with Crippen LogP contribution < -0.4 is 0 Å². The van der Waals surface area contributed by atoms with Crippen LogP contribution in [-0.4, -0.2) is 35.5 Å². The first-order valence-corrected chi connectivity index (χ1v) is 13.2. The predicted octanol–water partition coefficient (Wildman–Crippen LogP) is 4.97. The van der Waals surface area contributed by atoms with Gasteiger partial charge in [-0.3, -0.25) is 4.79 Å². The lowest BCUT2D eigenvalue weighted by Gasteiger charge is -2.60. The van der Waals surface area contributed by atoms with Crippen molar-refractivity contribution in [2.24, 2.45) is 52.3 Å². The van der Waals surface area contributed by atoms with E-state index < -0.39 is 5.79 Å². The van der Waals surface area contributed by atoms with Crippen molar-refractivity contribution >= 4 is 5.78 Å². The van der Waals surface area contributed by atoms with Crippen LogP contribution in [0.4, 0.5) is 0 Å². The monoisotopic (exact) mass is 430 g/mol. The van der Waals surface area contributed by atoms with E-state index in [-0.39, 0.29) is 29.0 Å². The fourth-order valence-electron chi connectivity index (χ4n) is 9.93. The van der Waals surface area contributed by atoms with E-state index in [4.69, 9.17) is 9.47 Å². The highest BCUT2D eigenvalue weighted by molar-refractivity contribution is 5.87. The Morgan fingerprint density at radius 1 is 1.00 bits per heavy atom. The van der Waals surface area contributed by atoms with E-state index in [1.54, 1.807) is 0 Å². The van der Waals surface area contributed by atoms with Crippen LogP contribution in [0.1, 0.15) is 85.5 Å². The van der Waals surface area contributed by atoms with Crippen molar-refractivity contribution in [1.82, 2.24) is 0 Å². The third-order valence-corrected chi connectivity index (χ3v) is 11.8. The summed E-state index contributed by atoms with van der Waals surface area (Å²) >= 11 is 0. The first-order valence-electron chi connectivity index (χ1n) is 13.2. The number of hydrogen-bond donors (Lipinski definition) is 1. The first kappa shape index (κ1) is 21.1. The molecule has 1 N–H and O–H groups in total. The molecule has 174 valence electrons. The second kappa shape index (κ2) is 6.79. The third-order valence-electron chi connectivity index (χ3n) is 11.8. The molecule has 0 aromatic heterocycles. The Hall–Kier alpha value is -0.450. The number of aliphatic hydroxyl groups is 1. The minimum Gasteiger partial charge on any atom is -0.393 e. The highest BCUT2D eigenvalue weighted by Crippen LogP contribution is 2.70. The second-order valence-electron chi connectivity index (χ2n) is 13.0. The number of fused-ring (bicyclic) bond motifs is 7. The van der Waals surface area contributed by atoms with Crippen LogP contribution in [0, 0.1) is 52.3 Å². The minimum atomic E-state index is -0.448. The predicted molar refractivity (Wildman–Crippen MR) is 118 cm³/mol. The highest BCUT2D eigenvalue weighted by Gasteiger charge is 2.71. The molecule has 0 amide bonds. The summed E-state index contributed by atoms with van der Waals surface area (Å²) in [5.41, 5.74) is -0.0221. The van der Waals surface area contributed by atoms with Gasteiger partial charge in [0, 0.05) is 30.1 Å². The zero-order chi connectivity index (χ0) is 21.8. The van der Waals surface area contributed by atoms with Gasteiger partial charge < -0.3 is 14.6 Å². The molecule has 4 saturated carbocycles. The molecule has 1 spiro atoms. The van der Waals surface area contributed by atoms with Gasteiger partial charge in [0.05, 0.1) is 18.8 Å². The zero-order valence-corrected chi connectivity index (χ0v) is 19.9. The SMILES string of the molecule is C[C@@H]1CC[C@@]2(OC1)O[C@@H]1C[C@@H]3[C@@H]4CC[C@@H]5C[C@@H](O)CC[C@]5(C)[C@@H]4CC(=O)[C@]3(C)[C@@H]1[C@@H]2C. The summed E-state index contributed by atoms with van der Waals surface area (Å²) in [6, 6.07) is 0. The number of aliphatic hydroxyl groups excluding tert-OH is 1. The molecule has 31 heavy (non-hydrogen) atoms. The van der Waals surface area contributed by atoms with Crippen molar-refractivity contribution in [3.63, 3.8) is 0 Å². The normalized spacial score (nSPS) is 60.9. The lowest BCUT2D eigenvalue weighted by molar-refractivity contribution is -0.272. The number of hydrogen-bond acceptors (Lipinski definition) is 4. The maximum atomic E-state index is 14.0. The van der Waals surface area contributed by atoms with E-state index in [2.05, 4.69) is 27.7 Å². The molecule has 6 fully saturated rings. The van der Waals surface area contributed by atoms with Gasteiger partial charge in [-0.1, -0.05) is 27.7 Å². The number of rotatable bonds is 0. The van der Waals surface area contributed by atoms with Gasteiger partial charge >= 0.3 is 0 Å². The van der Waals surface area contributed by atoms with Crippen molar-refractivity contribution < 1.29 is 19.4 Å². The molecule has 2 heterocycles. The Morgan fingerprint density at radius 2 is 1.81 bits per heavy atom. The average molecular weight is 431 g/mol. The molecule has 12 atom stereocenters. The van der Waals surface area contributed by atoms with Gasteiger partial charge in [-0.15, -0.1) is 0 Å². The molecular weight excluding hydrogens is 388 g/mol. The van der Waals surface area contributed by atoms with Gasteiger partial charge in [0.25, 0.3) is 0 Å². The standard InChI is InChI=1S/C27H42O4/c1-15-7-10-27(30-14-15)16(2)24-22(31-27)12-21-19-6-5-17-11-18(28)8-9-25(17,3)20(19)13-23(29)26(21,24)4/h15-22,24,28H,5-14H2,1-4H3/t15-,16+,17-,18+,19-,20-,21-,22-,24-,25+,26-,27-/m1/s1. The number of carbonyl (C=O) groups is 1. The van der Waals surface area contributed by atoms with Crippen molar-refractivity contribution in [3.8, 4) is 0 Å².